The first-order valence-electron chi connectivity index (χ1n) is 4.12. The molecule has 1 nitrogen and oxygen atoms in total. The summed E-state index contributed by atoms with van der Waals surface area (Å²) in [6, 6.07) is 0.912. The predicted molar refractivity (Wildman–Crippen MR) is 47.8 cm³/mol. The van der Waals surface area contributed by atoms with Crippen LogP contribution in [0.2, 0.25) is 0 Å². The normalized spacial score (nSPS) is 26.4. The van der Waals surface area contributed by atoms with Gasteiger partial charge in [0, 0.05) is 6.04 Å². The Bertz CT molecular complexity index is 75.3. The first-order valence-corrected chi connectivity index (χ1v) is 4.12. The third-order valence-corrected chi connectivity index (χ3v) is 2.38. The highest BCUT2D eigenvalue weighted by atomic mass is 35.5. The average molecular weight is 164 g/mol. The summed E-state index contributed by atoms with van der Waals surface area (Å²) in [5, 5.41) is 0. The van der Waals surface area contributed by atoms with Crippen molar-refractivity contribution in [1.29, 1.82) is 0 Å². The highest BCUT2D eigenvalue weighted by molar-refractivity contribution is 5.85. The molecule has 2 heteroatoms. The summed E-state index contributed by atoms with van der Waals surface area (Å²) >= 11 is 0. The van der Waals surface area contributed by atoms with Crippen molar-refractivity contribution in [3.05, 3.63) is 0 Å². The fourth-order valence-corrected chi connectivity index (χ4v) is 1.77. The summed E-state index contributed by atoms with van der Waals surface area (Å²) in [4.78, 5) is 2.58. The van der Waals surface area contributed by atoms with Crippen LogP contribution < -0.4 is 0 Å². The third-order valence-electron chi connectivity index (χ3n) is 2.38. The second-order valence-electron chi connectivity index (χ2n) is 2.83. The fourth-order valence-electron chi connectivity index (χ4n) is 1.77. The topological polar surface area (TPSA) is 3.24 Å². The summed E-state index contributed by atoms with van der Waals surface area (Å²) in [6.45, 7) is 7.14. The lowest BCUT2D eigenvalue weighted by Gasteiger charge is -2.20. The van der Waals surface area contributed by atoms with Crippen LogP contribution in [-0.4, -0.2) is 24.0 Å². The second-order valence-corrected chi connectivity index (χ2v) is 2.83. The lowest BCUT2D eigenvalue weighted by atomic mass is 10.2. The van der Waals surface area contributed by atoms with E-state index in [1.807, 2.05) is 0 Å². The number of hydrogen-bond donors (Lipinski definition) is 0. The molecule has 0 amide bonds. The molecule has 0 radical (unpaired) electrons. The van der Waals surface area contributed by atoms with E-state index in [1.165, 1.54) is 32.4 Å². The smallest absolute Gasteiger partial charge is 0.00929 e. The molecule has 10 heavy (non-hydrogen) atoms. The molecule has 0 bridgehead atoms. The van der Waals surface area contributed by atoms with Crippen LogP contribution in [0.1, 0.15) is 33.1 Å². The van der Waals surface area contributed by atoms with Crippen molar-refractivity contribution in [2.45, 2.75) is 39.2 Å². The quantitative estimate of drug-likeness (QED) is 0.604. The molecule has 1 rings (SSSR count). The number of nitrogens with zero attached hydrogens (tertiary/aromatic N) is 1. The summed E-state index contributed by atoms with van der Waals surface area (Å²) in [7, 11) is 0. The van der Waals surface area contributed by atoms with Gasteiger partial charge in [-0.2, -0.15) is 0 Å². The van der Waals surface area contributed by atoms with Gasteiger partial charge in [0.1, 0.15) is 0 Å². The Hall–Kier alpha value is 0.250. The number of hydrogen-bond acceptors (Lipinski definition) is 1. The highest BCUT2D eigenvalue weighted by Crippen LogP contribution is 2.18. The molecule has 1 aliphatic heterocycles. The molecule has 0 N–H and O–H groups in total. The molecule has 0 aromatic rings. The molecule has 0 aromatic heterocycles. The lowest BCUT2D eigenvalue weighted by molar-refractivity contribution is 0.262. The number of halogens is 1. The maximum atomic E-state index is 2.58. The van der Waals surface area contributed by atoms with Gasteiger partial charge in [0.05, 0.1) is 0 Å². The summed E-state index contributed by atoms with van der Waals surface area (Å²) in [5.74, 6) is 0. The number of likely N-dealkylation sites (tertiary alicyclic amines) is 1. The van der Waals surface area contributed by atoms with Crippen LogP contribution in [0.5, 0.6) is 0 Å². The van der Waals surface area contributed by atoms with Crippen molar-refractivity contribution in [1.82, 2.24) is 4.90 Å². The van der Waals surface area contributed by atoms with Crippen molar-refractivity contribution in [3.8, 4) is 0 Å². The van der Waals surface area contributed by atoms with Crippen molar-refractivity contribution in [2.75, 3.05) is 13.1 Å². The Labute approximate surface area is 70.2 Å². The van der Waals surface area contributed by atoms with Gasteiger partial charge < -0.3 is 4.90 Å². The Morgan fingerprint density at radius 1 is 1.40 bits per heavy atom. The van der Waals surface area contributed by atoms with E-state index in [2.05, 4.69) is 18.7 Å². The molecule has 0 spiro atoms. The van der Waals surface area contributed by atoms with Crippen molar-refractivity contribution in [2.24, 2.45) is 0 Å². The molecular formula is C8H18ClN. The van der Waals surface area contributed by atoms with Crippen molar-refractivity contribution >= 4 is 12.4 Å². The average Bonchev–Trinajstić information content (AvgIpc) is 2.33. The molecule has 1 fully saturated rings. The van der Waals surface area contributed by atoms with E-state index in [1.54, 1.807) is 0 Å². The van der Waals surface area contributed by atoms with Gasteiger partial charge in [-0.05, 0) is 32.4 Å². The predicted octanol–water partition coefficient (Wildman–Crippen LogP) is 2.30. The minimum atomic E-state index is 0. The summed E-state index contributed by atoms with van der Waals surface area (Å²) in [5.41, 5.74) is 0. The molecular weight excluding hydrogens is 146 g/mol. The van der Waals surface area contributed by atoms with Crippen LogP contribution in [0.25, 0.3) is 0 Å². The van der Waals surface area contributed by atoms with Crippen LogP contribution in [0, 0.1) is 0 Å². The molecule has 1 aliphatic rings. The van der Waals surface area contributed by atoms with E-state index < -0.39 is 0 Å². The van der Waals surface area contributed by atoms with Gasteiger partial charge in [-0.1, -0.05) is 13.8 Å². The fraction of sp³-hybridized carbons (Fsp3) is 1.00. The monoisotopic (exact) mass is 163 g/mol. The maximum Gasteiger partial charge on any atom is 0.00929 e. The molecule has 1 saturated heterocycles. The molecule has 0 aromatic carbocycles. The van der Waals surface area contributed by atoms with Gasteiger partial charge in [0.25, 0.3) is 0 Å². The van der Waals surface area contributed by atoms with Gasteiger partial charge >= 0.3 is 0 Å². The highest BCUT2D eigenvalue weighted by Gasteiger charge is 2.20. The number of rotatable bonds is 2. The summed E-state index contributed by atoms with van der Waals surface area (Å²) < 4.78 is 0. The molecule has 62 valence electrons. The second kappa shape index (κ2) is 4.97. The van der Waals surface area contributed by atoms with Crippen LogP contribution in [-0.2, 0) is 0 Å². The van der Waals surface area contributed by atoms with E-state index >= 15 is 0 Å². The van der Waals surface area contributed by atoms with Crippen LogP contribution in [0.4, 0.5) is 0 Å². The van der Waals surface area contributed by atoms with Gasteiger partial charge in [-0.15, -0.1) is 12.4 Å². The zero-order valence-corrected chi connectivity index (χ0v) is 7.78. The minimum absolute atomic E-state index is 0. The van der Waals surface area contributed by atoms with E-state index in [0.29, 0.717) is 0 Å². The Balaban J connectivity index is 0.000000810. The molecule has 1 heterocycles. The van der Waals surface area contributed by atoms with E-state index in [-0.39, 0.29) is 12.4 Å². The largest absolute Gasteiger partial charge is 0.301 e. The SMILES string of the molecule is CCC1CCCN1CC.Cl. The van der Waals surface area contributed by atoms with E-state index in [4.69, 9.17) is 0 Å². The standard InChI is InChI=1S/C8H17N.ClH/c1-3-8-6-5-7-9(8)4-2;/h8H,3-7H2,1-2H3;1H. The van der Waals surface area contributed by atoms with Crippen LogP contribution >= 0.6 is 12.4 Å². The Kier molecular flexibility index (Phi) is 5.10. The van der Waals surface area contributed by atoms with Gasteiger partial charge in [-0.3, -0.25) is 0 Å². The third kappa shape index (κ3) is 2.14. The van der Waals surface area contributed by atoms with Gasteiger partial charge in [0.15, 0.2) is 0 Å². The Morgan fingerprint density at radius 2 is 2.10 bits per heavy atom. The maximum absolute atomic E-state index is 2.58. The van der Waals surface area contributed by atoms with E-state index in [9.17, 15) is 0 Å². The van der Waals surface area contributed by atoms with Crippen LogP contribution in [0.15, 0.2) is 0 Å². The minimum Gasteiger partial charge on any atom is -0.301 e. The lowest BCUT2D eigenvalue weighted by Crippen LogP contribution is -2.28. The van der Waals surface area contributed by atoms with Crippen molar-refractivity contribution in [3.63, 3.8) is 0 Å². The first kappa shape index (κ1) is 10.2. The zero-order chi connectivity index (χ0) is 6.69. The molecule has 1 atom stereocenters. The van der Waals surface area contributed by atoms with Gasteiger partial charge in [0.2, 0.25) is 0 Å². The van der Waals surface area contributed by atoms with E-state index in [0.717, 1.165) is 6.04 Å². The summed E-state index contributed by atoms with van der Waals surface area (Å²) in [6.07, 6.45) is 4.20. The first-order chi connectivity index (χ1) is 4.38. The molecule has 0 aliphatic carbocycles. The Morgan fingerprint density at radius 3 is 2.50 bits per heavy atom. The van der Waals surface area contributed by atoms with Crippen LogP contribution in [0.3, 0.4) is 0 Å². The zero-order valence-electron chi connectivity index (χ0n) is 6.97. The van der Waals surface area contributed by atoms with Crippen molar-refractivity contribution < 1.29 is 0 Å². The van der Waals surface area contributed by atoms with Gasteiger partial charge in [-0.25, -0.2) is 0 Å². The molecule has 1 unspecified atom stereocenters. The molecule has 0 saturated carbocycles.